The molecular weight excluding hydrogens is 228 g/mol. The van der Waals surface area contributed by atoms with Gasteiger partial charge < -0.3 is 14.4 Å². The van der Waals surface area contributed by atoms with Crippen LogP contribution in [0.1, 0.15) is 26.7 Å². The molecule has 0 unspecified atom stereocenters. The van der Waals surface area contributed by atoms with Gasteiger partial charge in [-0.05, 0) is 5.92 Å². The summed E-state index contributed by atoms with van der Waals surface area (Å²) >= 11 is 0. The first kappa shape index (κ1) is 12.9. The predicted molar refractivity (Wildman–Crippen MR) is 70.4 cm³/mol. The first-order valence-electron chi connectivity index (χ1n) is 7.31. The molecule has 0 aliphatic carbocycles. The van der Waals surface area contributed by atoms with E-state index in [2.05, 4.69) is 24.1 Å². The van der Waals surface area contributed by atoms with Crippen molar-refractivity contribution in [3.63, 3.8) is 0 Å². The maximum atomic E-state index is 6.20. The molecule has 104 valence electrons. The molecule has 2 spiro atoms. The first-order chi connectivity index (χ1) is 8.62. The van der Waals surface area contributed by atoms with Gasteiger partial charge in [-0.15, -0.1) is 0 Å². The summed E-state index contributed by atoms with van der Waals surface area (Å²) in [4.78, 5) is 2.57. The molecule has 0 saturated carbocycles. The van der Waals surface area contributed by atoms with E-state index in [0.717, 1.165) is 58.2 Å². The third-order valence-electron chi connectivity index (χ3n) is 4.54. The van der Waals surface area contributed by atoms with Gasteiger partial charge in [0.15, 0.2) is 0 Å². The van der Waals surface area contributed by atoms with Gasteiger partial charge in [-0.25, -0.2) is 0 Å². The fourth-order valence-corrected chi connectivity index (χ4v) is 3.25. The molecule has 4 nitrogen and oxygen atoms in total. The molecule has 3 heterocycles. The molecule has 0 radical (unpaired) electrons. The molecule has 0 aromatic heterocycles. The monoisotopic (exact) mass is 254 g/mol. The Kier molecular flexibility index (Phi) is 3.39. The minimum atomic E-state index is -0.0334. The van der Waals surface area contributed by atoms with Crippen molar-refractivity contribution in [3.05, 3.63) is 0 Å². The lowest BCUT2D eigenvalue weighted by Gasteiger charge is -2.53. The highest BCUT2D eigenvalue weighted by molar-refractivity contribution is 4.97. The molecule has 0 bridgehead atoms. The average molecular weight is 254 g/mol. The smallest absolute Gasteiger partial charge is 0.121 e. The van der Waals surface area contributed by atoms with Gasteiger partial charge in [0.1, 0.15) is 5.72 Å². The average Bonchev–Trinajstić information content (AvgIpc) is 2.31. The van der Waals surface area contributed by atoms with Crippen molar-refractivity contribution in [2.45, 2.75) is 32.4 Å². The van der Waals surface area contributed by atoms with E-state index in [9.17, 15) is 0 Å². The fraction of sp³-hybridized carbons (Fsp3) is 1.00. The van der Waals surface area contributed by atoms with Gasteiger partial charge >= 0.3 is 0 Å². The lowest BCUT2D eigenvalue weighted by Crippen LogP contribution is -2.67. The van der Waals surface area contributed by atoms with Crippen LogP contribution in [0.15, 0.2) is 0 Å². The number of piperidine rings is 1. The normalized spacial score (nSPS) is 30.8. The van der Waals surface area contributed by atoms with Gasteiger partial charge in [0.2, 0.25) is 0 Å². The second kappa shape index (κ2) is 4.75. The zero-order valence-electron chi connectivity index (χ0n) is 11.7. The number of hydrogen-bond acceptors (Lipinski definition) is 4. The van der Waals surface area contributed by atoms with Crippen LogP contribution in [0.2, 0.25) is 0 Å². The van der Waals surface area contributed by atoms with Crippen LogP contribution in [0.5, 0.6) is 0 Å². The van der Waals surface area contributed by atoms with Crippen LogP contribution in [0.25, 0.3) is 0 Å². The van der Waals surface area contributed by atoms with Crippen LogP contribution in [0, 0.1) is 11.3 Å². The van der Waals surface area contributed by atoms with Crippen LogP contribution < -0.4 is 5.32 Å². The van der Waals surface area contributed by atoms with Crippen molar-refractivity contribution in [1.29, 1.82) is 0 Å². The lowest BCUT2D eigenvalue weighted by atomic mass is 9.83. The summed E-state index contributed by atoms with van der Waals surface area (Å²) in [5.74, 6) is 0.759. The maximum Gasteiger partial charge on any atom is 0.121 e. The largest absolute Gasteiger partial charge is 0.380 e. The third-order valence-corrected chi connectivity index (χ3v) is 4.54. The second-order valence-electron chi connectivity index (χ2n) is 6.82. The van der Waals surface area contributed by atoms with E-state index >= 15 is 0 Å². The highest BCUT2D eigenvalue weighted by atomic mass is 16.5. The number of nitrogens with zero attached hydrogens (tertiary/aromatic N) is 1. The topological polar surface area (TPSA) is 33.7 Å². The van der Waals surface area contributed by atoms with Crippen LogP contribution in [-0.2, 0) is 9.47 Å². The predicted octanol–water partition coefficient (Wildman–Crippen LogP) is 1.07. The minimum Gasteiger partial charge on any atom is -0.380 e. The Balaban J connectivity index is 1.50. The van der Waals surface area contributed by atoms with Gasteiger partial charge in [-0.2, -0.15) is 0 Å². The Morgan fingerprint density at radius 1 is 1.17 bits per heavy atom. The number of hydrogen-bond donors (Lipinski definition) is 1. The summed E-state index contributed by atoms with van der Waals surface area (Å²) in [6.07, 6.45) is 2.24. The third kappa shape index (κ3) is 2.44. The summed E-state index contributed by atoms with van der Waals surface area (Å²) in [5, 5.41) is 3.67. The second-order valence-corrected chi connectivity index (χ2v) is 6.82. The molecule has 0 aromatic rings. The van der Waals surface area contributed by atoms with Crippen molar-refractivity contribution in [2.24, 2.45) is 11.3 Å². The van der Waals surface area contributed by atoms with E-state index < -0.39 is 0 Å². The van der Waals surface area contributed by atoms with Crippen molar-refractivity contribution in [1.82, 2.24) is 10.2 Å². The van der Waals surface area contributed by atoms with Crippen molar-refractivity contribution >= 4 is 0 Å². The molecule has 0 atom stereocenters. The Bertz CT molecular complexity index is 282. The zero-order chi connectivity index (χ0) is 12.6. The zero-order valence-corrected chi connectivity index (χ0v) is 11.7. The van der Waals surface area contributed by atoms with Gasteiger partial charge in [-0.3, -0.25) is 5.32 Å². The standard InChI is InChI=1S/C14H26N2O2/c1-12(2)7-16-5-3-14(4-6-16)15-8-13(11-18-14)9-17-10-13/h12,15H,3-11H2,1-2H3. The van der Waals surface area contributed by atoms with E-state index in [4.69, 9.17) is 9.47 Å². The number of ether oxygens (including phenoxy) is 2. The summed E-state index contributed by atoms with van der Waals surface area (Å²) in [5.41, 5.74) is 0.259. The molecule has 0 aromatic carbocycles. The quantitative estimate of drug-likeness (QED) is 0.799. The first-order valence-corrected chi connectivity index (χ1v) is 7.31. The molecule has 4 heteroatoms. The molecule has 3 aliphatic rings. The van der Waals surface area contributed by atoms with Gasteiger partial charge in [0, 0.05) is 39.0 Å². The number of rotatable bonds is 2. The highest BCUT2D eigenvalue weighted by Gasteiger charge is 2.48. The molecule has 3 fully saturated rings. The lowest BCUT2D eigenvalue weighted by molar-refractivity contribution is -0.231. The fourth-order valence-electron chi connectivity index (χ4n) is 3.25. The minimum absolute atomic E-state index is 0.0334. The van der Waals surface area contributed by atoms with Crippen LogP contribution in [-0.4, -0.2) is 56.6 Å². The van der Waals surface area contributed by atoms with Crippen molar-refractivity contribution in [2.75, 3.05) is 46.0 Å². The number of likely N-dealkylation sites (tertiary alicyclic amines) is 1. The van der Waals surface area contributed by atoms with Crippen molar-refractivity contribution < 1.29 is 9.47 Å². The Hall–Kier alpha value is -0.160. The van der Waals surface area contributed by atoms with E-state index in [1.807, 2.05) is 0 Å². The Labute approximate surface area is 110 Å². The Morgan fingerprint density at radius 2 is 1.89 bits per heavy atom. The van der Waals surface area contributed by atoms with E-state index in [1.165, 1.54) is 6.54 Å². The van der Waals surface area contributed by atoms with E-state index in [0.29, 0.717) is 5.41 Å². The number of nitrogens with one attached hydrogen (secondary N) is 1. The SMILES string of the molecule is CC(C)CN1CCC2(CC1)NCC1(COC1)CO2. The summed E-state index contributed by atoms with van der Waals surface area (Å²) in [6.45, 7) is 11.8. The van der Waals surface area contributed by atoms with E-state index in [-0.39, 0.29) is 5.72 Å². The van der Waals surface area contributed by atoms with Crippen LogP contribution in [0.3, 0.4) is 0 Å². The van der Waals surface area contributed by atoms with Gasteiger partial charge in [0.05, 0.1) is 25.2 Å². The highest BCUT2D eigenvalue weighted by Crippen LogP contribution is 2.36. The molecule has 3 rings (SSSR count). The maximum absolute atomic E-state index is 6.20. The van der Waals surface area contributed by atoms with Crippen LogP contribution in [0.4, 0.5) is 0 Å². The molecule has 0 amide bonds. The molecular formula is C14H26N2O2. The molecule has 18 heavy (non-hydrogen) atoms. The van der Waals surface area contributed by atoms with E-state index in [1.54, 1.807) is 0 Å². The summed E-state index contributed by atoms with van der Waals surface area (Å²) < 4.78 is 11.5. The van der Waals surface area contributed by atoms with Crippen molar-refractivity contribution in [3.8, 4) is 0 Å². The summed E-state index contributed by atoms with van der Waals surface area (Å²) in [7, 11) is 0. The van der Waals surface area contributed by atoms with Crippen LogP contribution >= 0.6 is 0 Å². The molecule has 3 aliphatic heterocycles. The molecule has 3 saturated heterocycles. The molecule has 1 N–H and O–H groups in total. The van der Waals surface area contributed by atoms with Gasteiger partial charge in [-0.1, -0.05) is 13.8 Å². The summed E-state index contributed by atoms with van der Waals surface area (Å²) in [6, 6.07) is 0. The Morgan fingerprint density at radius 3 is 2.33 bits per heavy atom. The van der Waals surface area contributed by atoms with Gasteiger partial charge in [0.25, 0.3) is 0 Å².